The molecular formula is C12H12BrN3O3S. The Morgan fingerprint density at radius 3 is 2.85 bits per heavy atom. The molecular weight excluding hydrogens is 346 g/mol. The van der Waals surface area contributed by atoms with E-state index in [0.717, 1.165) is 15.1 Å². The Balaban J connectivity index is 1.67. The van der Waals surface area contributed by atoms with Crippen LogP contribution in [0.5, 0.6) is 0 Å². The average Bonchev–Trinajstić information content (AvgIpc) is 2.96. The predicted molar refractivity (Wildman–Crippen MR) is 76.4 cm³/mol. The summed E-state index contributed by atoms with van der Waals surface area (Å²) in [5, 5.41) is 20.1. The summed E-state index contributed by atoms with van der Waals surface area (Å²) in [6.45, 7) is 0.270. The third kappa shape index (κ3) is 2.50. The van der Waals surface area contributed by atoms with Crippen molar-refractivity contribution in [3.63, 3.8) is 0 Å². The van der Waals surface area contributed by atoms with E-state index in [4.69, 9.17) is 4.42 Å². The monoisotopic (exact) mass is 357 g/mol. The Labute approximate surface area is 127 Å². The van der Waals surface area contributed by atoms with Crippen LogP contribution in [0.15, 0.2) is 20.3 Å². The second-order valence-electron chi connectivity index (χ2n) is 4.70. The van der Waals surface area contributed by atoms with Gasteiger partial charge in [0.1, 0.15) is 5.54 Å². The van der Waals surface area contributed by atoms with Crippen LogP contribution in [0.2, 0.25) is 0 Å². The second kappa shape index (κ2) is 5.27. The highest BCUT2D eigenvalue weighted by Gasteiger charge is 2.44. The second-order valence-corrected chi connectivity index (χ2v) is 7.16. The number of carboxylic acids is 1. The molecule has 0 amide bonds. The van der Waals surface area contributed by atoms with Crippen LogP contribution in [-0.2, 0) is 11.3 Å². The fraction of sp³-hybridized carbons (Fsp3) is 0.417. The van der Waals surface area contributed by atoms with E-state index in [2.05, 4.69) is 31.4 Å². The Morgan fingerprint density at radius 2 is 2.30 bits per heavy atom. The highest BCUT2D eigenvalue weighted by molar-refractivity contribution is 9.11. The van der Waals surface area contributed by atoms with Crippen LogP contribution < -0.4 is 5.32 Å². The van der Waals surface area contributed by atoms with Crippen LogP contribution >= 0.6 is 27.3 Å². The summed E-state index contributed by atoms with van der Waals surface area (Å²) in [4.78, 5) is 12.1. The predicted octanol–water partition coefficient (Wildman–Crippen LogP) is 2.66. The van der Waals surface area contributed by atoms with Gasteiger partial charge in [0.05, 0.1) is 15.2 Å². The highest BCUT2D eigenvalue weighted by Crippen LogP contribution is 2.33. The number of halogens is 1. The smallest absolute Gasteiger partial charge is 0.323 e. The summed E-state index contributed by atoms with van der Waals surface area (Å²) in [5.74, 6) is 0.0400. The van der Waals surface area contributed by atoms with Gasteiger partial charge in [-0.15, -0.1) is 21.5 Å². The van der Waals surface area contributed by atoms with Crippen LogP contribution in [-0.4, -0.2) is 26.8 Å². The van der Waals surface area contributed by atoms with Gasteiger partial charge in [-0.25, -0.2) is 0 Å². The molecule has 3 rings (SSSR count). The summed E-state index contributed by atoms with van der Waals surface area (Å²) in [5.41, 5.74) is -0.819. The van der Waals surface area contributed by atoms with Gasteiger partial charge in [0.25, 0.3) is 5.89 Å². The Kier molecular flexibility index (Phi) is 3.61. The van der Waals surface area contributed by atoms with Crippen molar-refractivity contribution in [2.45, 2.75) is 31.3 Å². The van der Waals surface area contributed by atoms with E-state index in [1.165, 1.54) is 11.3 Å². The topological polar surface area (TPSA) is 88.2 Å². The van der Waals surface area contributed by atoms with E-state index in [1.54, 1.807) is 0 Å². The molecule has 0 spiro atoms. The third-order valence-electron chi connectivity index (χ3n) is 3.45. The lowest BCUT2D eigenvalue weighted by Gasteiger charge is -2.38. The van der Waals surface area contributed by atoms with Crippen LogP contribution in [0.1, 0.15) is 25.2 Å². The van der Waals surface area contributed by atoms with Crippen LogP contribution in [0.4, 0.5) is 0 Å². The fourth-order valence-corrected chi connectivity index (χ4v) is 3.40. The van der Waals surface area contributed by atoms with E-state index in [1.807, 2.05) is 12.1 Å². The van der Waals surface area contributed by atoms with Crippen molar-refractivity contribution in [2.75, 3.05) is 0 Å². The van der Waals surface area contributed by atoms with Crippen molar-refractivity contribution in [1.29, 1.82) is 0 Å². The minimum absolute atomic E-state index is 0.270. The van der Waals surface area contributed by atoms with Crippen molar-refractivity contribution in [3.05, 3.63) is 21.8 Å². The van der Waals surface area contributed by atoms with Gasteiger partial charge in [-0.3, -0.25) is 10.1 Å². The van der Waals surface area contributed by atoms with E-state index in [0.29, 0.717) is 24.6 Å². The number of carbonyl (C=O) groups is 1. The van der Waals surface area contributed by atoms with Crippen LogP contribution in [0.3, 0.4) is 0 Å². The Hall–Kier alpha value is -1.25. The molecule has 1 fully saturated rings. The number of rotatable bonds is 5. The van der Waals surface area contributed by atoms with E-state index in [-0.39, 0.29) is 6.54 Å². The summed E-state index contributed by atoms with van der Waals surface area (Å²) in [6.07, 6.45) is 2.21. The summed E-state index contributed by atoms with van der Waals surface area (Å²) in [6, 6.07) is 3.81. The highest BCUT2D eigenvalue weighted by atomic mass is 79.9. The van der Waals surface area contributed by atoms with Crippen molar-refractivity contribution >= 4 is 33.2 Å². The molecule has 1 aliphatic carbocycles. The van der Waals surface area contributed by atoms with Gasteiger partial charge in [0.2, 0.25) is 5.89 Å². The quantitative estimate of drug-likeness (QED) is 0.854. The number of hydrogen-bond acceptors (Lipinski definition) is 6. The van der Waals surface area contributed by atoms with Crippen LogP contribution in [0.25, 0.3) is 10.8 Å². The zero-order chi connectivity index (χ0) is 14.2. The first-order valence-electron chi connectivity index (χ1n) is 6.16. The van der Waals surface area contributed by atoms with E-state index < -0.39 is 11.5 Å². The standard InChI is InChI=1S/C12H12BrN3O3S/c13-8-3-2-7(20-8)10-16-15-9(19-10)6-14-12(11(17)18)4-1-5-12/h2-3,14H,1,4-6H2,(H,17,18). The van der Waals surface area contributed by atoms with Crippen molar-refractivity contribution in [3.8, 4) is 10.8 Å². The van der Waals surface area contributed by atoms with E-state index >= 15 is 0 Å². The zero-order valence-corrected chi connectivity index (χ0v) is 12.8. The molecule has 2 aromatic rings. The minimum atomic E-state index is -0.819. The average molecular weight is 358 g/mol. The molecule has 0 atom stereocenters. The molecule has 8 heteroatoms. The van der Waals surface area contributed by atoms with Gasteiger partial charge in [0.15, 0.2) is 0 Å². The maximum atomic E-state index is 11.2. The molecule has 2 heterocycles. The van der Waals surface area contributed by atoms with Crippen LogP contribution in [0, 0.1) is 0 Å². The lowest BCUT2D eigenvalue weighted by atomic mass is 9.77. The molecule has 1 aliphatic rings. The molecule has 1 saturated carbocycles. The SMILES string of the molecule is O=C(O)C1(NCc2nnc(-c3ccc(Br)s3)o2)CCC1. The maximum absolute atomic E-state index is 11.2. The van der Waals surface area contributed by atoms with Gasteiger partial charge < -0.3 is 9.52 Å². The molecule has 2 aromatic heterocycles. The molecule has 2 N–H and O–H groups in total. The fourth-order valence-electron chi connectivity index (χ4n) is 2.10. The van der Waals surface area contributed by atoms with Crippen molar-refractivity contribution < 1.29 is 14.3 Å². The molecule has 0 saturated heterocycles. The largest absolute Gasteiger partial charge is 0.480 e. The van der Waals surface area contributed by atoms with Crippen molar-refractivity contribution in [1.82, 2.24) is 15.5 Å². The number of aromatic nitrogens is 2. The normalized spacial score (nSPS) is 16.9. The van der Waals surface area contributed by atoms with Gasteiger partial charge in [0, 0.05) is 0 Å². The number of hydrogen-bond donors (Lipinski definition) is 2. The van der Waals surface area contributed by atoms with Gasteiger partial charge in [-0.2, -0.15) is 0 Å². The summed E-state index contributed by atoms with van der Waals surface area (Å²) < 4.78 is 6.53. The molecule has 0 radical (unpaired) electrons. The zero-order valence-electron chi connectivity index (χ0n) is 10.4. The first-order chi connectivity index (χ1) is 9.59. The molecule has 20 heavy (non-hydrogen) atoms. The third-order valence-corrected chi connectivity index (χ3v) is 5.06. The number of thiophene rings is 1. The lowest BCUT2D eigenvalue weighted by Crippen LogP contribution is -2.56. The Bertz CT molecular complexity index is 635. The number of nitrogens with zero attached hydrogens (tertiary/aromatic N) is 2. The first-order valence-corrected chi connectivity index (χ1v) is 7.76. The molecule has 6 nitrogen and oxygen atoms in total. The molecule has 0 unspecified atom stereocenters. The molecule has 0 aromatic carbocycles. The summed E-state index contributed by atoms with van der Waals surface area (Å²) in [7, 11) is 0. The summed E-state index contributed by atoms with van der Waals surface area (Å²) >= 11 is 4.88. The molecule has 0 bridgehead atoms. The maximum Gasteiger partial charge on any atom is 0.323 e. The van der Waals surface area contributed by atoms with Gasteiger partial charge in [-0.05, 0) is 47.3 Å². The van der Waals surface area contributed by atoms with E-state index in [9.17, 15) is 9.90 Å². The Morgan fingerprint density at radius 1 is 1.50 bits per heavy atom. The number of nitrogens with one attached hydrogen (secondary N) is 1. The van der Waals surface area contributed by atoms with Crippen molar-refractivity contribution in [2.24, 2.45) is 0 Å². The lowest BCUT2D eigenvalue weighted by molar-refractivity contribution is -0.149. The van der Waals surface area contributed by atoms with Gasteiger partial charge >= 0.3 is 5.97 Å². The minimum Gasteiger partial charge on any atom is -0.480 e. The molecule has 0 aliphatic heterocycles. The first kappa shape index (κ1) is 13.7. The molecule has 106 valence electrons. The number of aliphatic carboxylic acids is 1. The van der Waals surface area contributed by atoms with Gasteiger partial charge in [-0.1, -0.05) is 0 Å². The number of carboxylic acid groups (broad SMARTS) is 1.